The lowest BCUT2D eigenvalue weighted by Crippen LogP contribution is -2.19. The Morgan fingerprint density at radius 2 is 1.24 bits per heavy atom. The number of unbranched alkanes of at least 4 members (excludes halogenated alkanes) is 2. The van der Waals surface area contributed by atoms with Crippen molar-refractivity contribution in [3.05, 3.63) is 35.9 Å². The fourth-order valence-electron chi connectivity index (χ4n) is 3.85. The normalized spacial score (nSPS) is 12.0. The van der Waals surface area contributed by atoms with Crippen molar-refractivity contribution in [2.45, 2.75) is 92.1 Å². The number of carboxylic acids is 1. The largest absolute Gasteiger partial charge is 0.481 e. The van der Waals surface area contributed by atoms with Gasteiger partial charge in [-0.2, -0.15) is 0 Å². The first-order chi connectivity index (χ1) is 16.1. The van der Waals surface area contributed by atoms with Gasteiger partial charge in [0.25, 0.3) is 0 Å². The van der Waals surface area contributed by atoms with Gasteiger partial charge in [0.1, 0.15) is 6.61 Å². The summed E-state index contributed by atoms with van der Waals surface area (Å²) in [5.74, 6) is -0.877. The minimum atomic E-state index is -0.732. The first-order valence-electron chi connectivity index (χ1n) is 12.7. The molecule has 0 heterocycles. The molecule has 1 N–H and O–H groups in total. The number of ether oxygens (including phenoxy) is 3. The van der Waals surface area contributed by atoms with Gasteiger partial charge in [-0.3, -0.25) is 9.59 Å². The third-order valence-corrected chi connectivity index (χ3v) is 5.86. The Hall–Kier alpha value is -1.92. The molecule has 0 aromatic heterocycles. The van der Waals surface area contributed by atoms with Crippen LogP contribution in [0.5, 0.6) is 0 Å². The zero-order valence-corrected chi connectivity index (χ0v) is 21.8. The van der Waals surface area contributed by atoms with Crippen molar-refractivity contribution in [3.63, 3.8) is 0 Å². The molecule has 0 amide bonds. The van der Waals surface area contributed by atoms with Crippen molar-refractivity contribution in [1.29, 1.82) is 0 Å². The Morgan fingerprint density at radius 3 is 1.76 bits per heavy atom. The lowest BCUT2D eigenvalue weighted by molar-refractivity contribution is -0.147. The molecule has 6 heteroatoms. The molecule has 0 saturated carbocycles. The maximum atomic E-state index is 12.2. The van der Waals surface area contributed by atoms with Crippen LogP contribution in [0, 0.1) is 10.8 Å². The van der Waals surface area contributed by atoms with Gasteiger partial charge >= 0.3 is 11.9 Å². The highest BCUT2D eigenvalue weighted by atomic mass is 16.5. The third kappa shape index (κ3) is 16.7. The highest BCUT2D eigenvalue weighted by Gasteiger charge is 2.23. The van der Waals surface area contributed by atoms with E-state index in [4.69, 9.17) is 19.3 Å². The standard InChI is InChI=1S/C28H46O6/c1-27(2,21-25(29)30)15-8-10-17-32-19-12-20-33-18-11-9-16-28(3,4)22-26(31)34-23-24-13-6-5-7-14-24/h5-7,13-14H,8-12,15-23H2,1-4H3,(H,29,30). The summed E-state index contributed by atoms with van der Waals surface area (Å²) in [5.41, 5.74) is 0.776. The van der Waals surface area contributed by atoms with E-state index >= 15 is 0 Å². The van der Waals surface area contributed by atoms with Crippen LogP contribution in [0.25, 0.3) is 0 Å². The molecule has 0 aliphatic rings. The number of aliphatic carboxylic acids is 1. The summed E-state index contributed by atoms with van der Waals surface area (Å²) in [7, 11) is 0. The van der Waals surface area contributed by atoms with Gasteiger partial charge in [-0.25, -0.2) is 0 Å². The molecule has 194 valence electrons. The fourth-order valence-corrected chi connectivity index (χ4v) is 3.85. The molecule has 0 radical (unpaired) electrons. The van der Waals surface area contributed by atoms with Crippen molar-refractivity contribution in [2.24, 2.45) is 10.8 Å². The van der Waals surface area contributed by atoms with Crippen LogP contribution in [0.15, 0.2) is 30.3 Å². The van der Waals surface area contributed by atoms with Crippen molar-refractivity contribution in [3.8, 4) is 0 Å². The maximum absolute atomic E-state index is 12.2. The first-order valence-corrected chi connectivity index (χ1v) is 12.7. The second kappa shape index (κ2) is 16.7. The molecule has 6 nitrogen and oxygen atoms in total. The maximum Gasteiger partial charge on any atom is 0.306 e. The van der Waals surface area contributed by atoms with Crippen molar-refractivity contribution in [2.75, 3.05) is 26.4 Å². The summed E-state index contributed by atoms with van der Waals surface area (Å²) in [4.78, 5) is 23.0. The van der Waals surface area contributed by atoms with Gasteiger partial charge in [0.05, 0.1) is 12.8 Å². The summed E-state index contributed by atoms with van der Waals surface area (Å²) in [6.45, 7) is 11.4. The van der Waals surface area contributed by atoms with Gasteiger partial charge in [-0.05, 0) is 48.5 Å². The number of carbonyl (C=O) groups is 2. The first kappa shape index (κ1) is 30.1. The lowest BCUT2D eigenvalue weighted by atomic mass is 9.84. The van der Waals surface area contributed by atoms with E-state index in [0.29, 0.717) is 32.8 Å². The minimum absolute atomic E-state index is 0.0789. The van der Waals surface area contributed by atoms with E-state index in [1.807, 2.05) is 44.2 Å². The van der Waals surface area contributed by atoms with E-state index < -0.39 is 5.97 Å². The molecule has 0 saturated heterocycles. The molecule has 34 heavy (non-hydrogen) atoms. The summed E-state index contributed by atoms with van der Waals surface area (Å²) >= 11 is 0. The Bertz CT molecular complexity index is 683. The van der Waals surface area contributed by atoms with Crippen LogP contribution in [0.1, 0.15) is 91.0 Å². The molecule has 0 spiro atoms. The molecular weight excluding hydrogens is 432 g/mol. The van der Waals surface area contributed by atoms with Gasteiger partial charge < -0.3 is 19.3 Å². The average Bonchev–Trinajstić information content (AvgIpc) is 2.75. The lowest BCUT2D eigenvalue weighted by Gasteiger charge is -2.23. The minimum Gasteiger partial charge on any atom is -0.481 e. The molecule has 0 fully saturated rings. The van der Waals surface area contributed by atoms with Crippen LogP contribution >= 0.6 is 0 Å². The average molecular weight is 479 g/mol. The number of benzene rings is 1. The summed E-state index contributed by atoms with van der Waals surface area (Å²) < 4.78 is 16.8. The van der Waals surface area contributed by atoms with Gasteiger partial charge in [-0.15, -0.1) is 0 Å². The fraction of sp³-hybridized carbons (Fsp3) is 0.714. The van der Waals surface area contributed by atoms with E-state index in [2.05, 4.69) is 13.8 Å². The Kier molecular flexibility index (Phi) is 14.8. The quantitative estimate of drug-likeness (QED) is 0.172. The van der Waals surface area contributed by atoms with Crippen molar-refractivity contribution >= 4 is 11.9 Å². The Balaban J connectivity index is 1.94. The van der Waals surface area contributed by atoms with Crippen LogP contribution in [0.3, 0.4) is 0 Å². The zero-order valence-electron chi connectivity index (χ0n) is 21.8. The van der Waals surface area contributed by atoms with Crippen LogP contribution in [0.4, 0.5) is 0 Å². The van der Waals surface area contributed by atoms with Crippen LogP contribution in [-0.4, -0.2) is 43.5 Å². The molecular formula is C28H46O6. The van der Waals surface area contributed by atoms with E-state index in [1.165, 1.54) is 0 Å². The Morgan fingerprint density at radius 1 is 0.735 bits per heavy atom. The van der Waals surface area contributed by atoms with Crippen LogP contribution in [-0.2, 0) is 30.4 Å². The molecule has 0 atom stereocenters. The number of hydrogen-bond acceptors (Lipinski definition) is 5. The van der Waals surface area contributed by atoms with E-state index in [-0.39, 0.29) is 23.2 Å². The molecule has 0 aliphatic carbocycles. The van der Waals surface area contributed by atoms with Crippen molar-refractivity contribution in [1.82, 2.24) is 0 Å². The van der Waals surface area contributed by atoms with Crippen LogP contribution in [0.2, 0.25) is 0 Å². The summed E-state index contributed by atoms with van der Waals surface area (Å²) in [6.07, 6.45) is 7.32. The van der Waals surface area contributed by atoms with E-state index in [9.17, 15) is 9.59 Å². The van der Waals surface area contributed by atoms with E-state index in [1.54, 1.807) is 0 Å². The number of esters is 1. The monoisotopic (exact) mass is 478 g/mol. The highest BCUT2D eigenvalue weighted by Crippen LogP contribution is 2.28. The SMILES string of the molecule is CC(C)(CCCCOCCCOCCCCC(C)(C)CC(=O)OCc1ccccc1)CC(=O)O. The second-order valence-corrected chi connectivity index (χ2v) is 10.7. The molecule has 1 aromatic rings. The molecule has 0 unspecified atom stereocenters. The van der Waals surface area contributed by atoms with E-state index in [0.717, 1.165) is 57.1 Å². The molecule has 1 rings (SSSR count). The number of carbonyl (C=O) groups excluding carboxylic acids is 1. The van der Waals surface area contributed by atoms with Gasteiger partial charge in [-0.1, -0.05) is 70.9 Å². The molecule has 1 aromatic carbocycles. The smallest absolute Gasteiger partial charge is 0.306 e. The van der Waals surface area contributed by atoms with Gasteiger partial charge in [0.2, 0.25) is 0 Å². The topological polar surface area (TPSA) is 82.1 Å². The molecule has 0 aliphatic heterocycles. The molecule has 0 bridgehead atoms. The van der Waals surface area contributed by atoms with Gasteiger partial charge in [0, 0.05) is 26.4 Å². The summed E-state index contributed by atoms with van der Waals surface area (Å²) in [6, 6.07) is 9.75. The second-order valence-electron chi connectivity index (χ2n) is 10.7. The number of rotatable bonds is 20. The summed E-state index contributed by atoms with van der Waals surface area (Å²) in [5, 5.41) is 8.91. The predicted octanol–water partition coefficient (Wildman–Crippen LogP) is 6.41. The number of hydrogen-bond donors (Lipinski definition) is 1. The Labute approximate surface area is 206 Å². The third-order valence-electron chi connectivity index (χ3n) is 5.86. The van der Waals surface area contributed by atoms with Crippen LogP contribution < -0.4 is 0 Å². The van der Waals surface area contributed by atoms with Gasteiger partial charge in [0.15, 0.2) is 0 Å². The zero-order chi connectivity index (χ0) is 25.3. The highest BCUT2D eigenvalue weighted by molar-refractivity contribution is 5.70. The number of carboxylic acid groups (broad SMARTS) is 1. The van der Waals surface area contributed by atoms with Crippen molar-refractivity contribution < 1.29 is 28.9 Å². The predicted molar refractivity (Wildman–Crippen MR) is 135 cm³/mol.